The van der Waals surface area contributed by atoms with Gasteiger partial charge in [0.25, 0.3) is 0 Å². The average Bonchev–Trinajstić information content (AvgIpc) is 2.30. The summed E-state index contributed by atoms with van der Waals surface area (Å²) in [4.78, 5) is 0. The van der Waals surface area contributed by atoms with E-state index < -0.39 is 18.4 Å². The molecule has 0 unspecified atom stereocenters. The third-order valence-corrected chi connectivity index (χ3v) is 21.2. The summed E-state index contributed by atoms with van der Waals surface area (Å²) in [7, 11) is 0. The Hall–Kier alpha value is 0.0187. The van der Waals surface area contributed by atoms with Crippen molar-refractivity contribution < 1.29 is 0 Å². The molecule has 1 rings (SSSR count). The summed E-state index contributed by atoms with van der Waals surface area (Å²) >= 11 is -2.06. The quantitative estimate of drug-likeness (QED) is 0.621. The van der Waals surface area contributed by atoms with Crippen molar-refractivity contribution in [3.05, 3.63) is 29.8 Å². The van der Waals surface area contributed by atoms with Gasteiger partial charge in [-0.15, -0.1) is 0 Å². The van der Waals surface area contributed by atoms with E-state index in [1.165, 1.54) is 19.3 Å². The van der Waals surface area contributed by atoms with Crippen LogP contribution >= 0.6 is 0 Å². The van der Waals surface area contributed by atoms with E-state index in [9.17, 15) is 0 Å². The second-order valence-corrected chi connectivity index (χ2v) is 18.5. The number of hydrogen-bond donors (Lipinski definition) is 0. The first-order valence-corrected chi connectivity index (χ1v) is 14.7. The summed E-state index contributed by atoms with van der Waals surface area (Å²) in [6, 6.07) is 9.22. The summed E-state index contributed by atoms with van der Waals surface area (Å²) in [5.74, 6) is 0. The van der Waals surface area contributed by atoms with E-state index in [1.54, 1.807) is 18.9 Å². The topological polar surface area (TPSA) is 0 Å². The van der Waals surface area contributed by atoms with E-state index in [0.29, 0.717) is 0 Å². The average molecular weight is 339 g/mol. The fraction of sp³-hybridized carbons (Fsp3) is 0.625. The van der Waals surface area contributed by atoms with Crippen LogP contribution in [-0.4, -0.2) is 18.4 Å². The van der Waals surface area contributed by atoms with Crippen LogP contribution in [-0.2, 0) is 0 Å². The first-order valence-electron chi connectivity index (χ1n) is 7.26. The van der Waals surface area contributed by atoms with Crippen LogP contribution in [0.1, 0.15) is 45.6 Å². The van der Waals surface area contributed by atoms with Gasteiger partial charge in [0.05, 0.1) is 0 Å². The standard InChI is InChI=1S/C7H7.3C3H7.Sn/c1-7-5-3-2-4-6-7;3*1-3-2;/h2-5H,1H3;3*1,3H2,2H3;. The zero-order valence-electron chi connectivity index (χ0n) is 12.1. The second-order valence-electron chi connectivity index (χ2n) is 5.35. The number of aryl methyl sites for hydroxylation is 1. The Labute approximate surface area is 112 Å². The Morgan fingerprint density at radius 3 is 1.71 bits per heavy atom. The van der Waals surface area contributed by atoms with Gasteiger partial charge < -0.3 is 0 Å². The Morgan fingerprint density at radius 2 is 1.29 bits per heavy atom. The molecule has 1 heteroatoms. The van der Waals surface area contributed by atoms with E-state index in [1.807, 2.05) is 3.58 Å². The van der Waals surface area contributed by atoms with Crippen LogP contribution in [0.15, 0.2) is 24.3 Å². The van der Waals surface area contributed by atoms with Crippen molar-refractivity contribution in [1.29, 1.82) is 0 Å². The molecule has 0 radical (unpaired) electrons. The van der Waals surface area contributed by atoms with E-state index in [2.05, 4.69) is 52.0 Å². The summed E-state index contributed by atoms with van der Waals surface area (Å²) in [6.45, 7) is 9.43. The molecule has 0 saturated heterocycles. The van der Waals surface area contributed by atoms with Crippen molar-refractivity contribution in [2.45, 2.75) is 60.3 Å². The van der Waals surface area contributed by atoms with Crippen LogP contribution in [0.25, 0.3) is 0 Å². The minimum absolute atomic E-state index is 1.38. The van der Waals surface area contributed by atoms with E-state index in [0.717, 1.165) is 0 Å². The summed E-state index contributed by atoms with van der Waals surface area (Å²) in [6.07, 6.45) is 4.14. The summed E-state index contributed by atoms with van der Waals surface area (Å²) in [5.41, 5.74) is 1.57. The van der Waals surface area contributed by atoms with Crippen LogP contribution < -0.4 is 3.58 Å². The van der Waals surface area contributed by atoms with Gasteiger partial charge in [0, 0.05) is 0 Å². The summed E-state index contributed by atoms with van der Waals surface area (Å²) < 4.78 is 6.44. The molecular formula is C16H28Sn. The molecule has 0 atom stereocenters. The van der Waals surface area contributed by atoms with Gasteiger partial charge in [0.2, 0.25) is 0 Å². The first-order chi connectivity index (χ1) is 8.20. The van der Waals surface area contributed by atoms with Crippen molar-refractivity contribution in [3.8, 4) is 0 Å². The third kappa shape index (κ3) is 3.74. The van der Waals surface area contributed by atoms with Gasteiger partial charge >= 0.3 is 112 Å². The monoisotopic (exact) mass is 340 g/mol. The summed E-state index contributed by atoms with van der Waals surface area (Å²) in [5, 5.41) is 0. The van der Waals surface area contributed by atoms with Crippen LogP contribution in [0.2, 0.25) is 13.3 Å². The van der Waals surface area contributed by atoms with E-state index in [-0.39, 0.29) is 0 Å². The van der Waals surface area contributed by atoms with Crippen LogP contribution in [0.3, 0.4) is 0 Å². The van der Waals surface area contributed by atoms with Gasteiger partial charge in [0.1, 0.15) is 0 Å². The maximum atomic E-state index is 2.45. The van der Waals surface area contributed by atoms with Crippen molar-refractivity contribution in [2.24, 2.45) is 0 Å². The van der Waals surface area contributed by atoms with Crippen molar-refractivity contribution >= 4 is 22.0 Å². The third-order valence-electron chi connectivity index (χ3n) is 3.90. The zero-order valence-corrected chi connectivity index (χ0v) is 14.9. The second kappa shape index (κ2) is 7.45. The minimum atomic E-state index is -2.06. The molecule has 0 heterocycles. The Kier molecular flexibility index (Phi) is 6.61. The van der Waals surface area contributed by atoms with Crippen molar-refractivity contribution in [1.82, 2.24) is 0 Å². The van der Waals surface area contributed by atoms with Crippen molar-refractivity contribution in [2.75, 3.05) is 0 Å². The number of benzene rings is 1. The molecule has 0 aliphatic rings. The predicted molar refractivity (Wildman–Crippen MR) is 81.9 cm³/mol. The SMILES string of the molecule is CC[CH2][Sn]([CH2]CC)([CH2]CC)[c]1ccccc1C. The van der Waals surface area contributed by atoms with Crippen molar-refractivity contribution in [3.63, 3.8) is 0 Å². The molecule has 0 saturated carbocycles. The zero-order chi connectivity index (χ0) is 12.7. The molecule has 0 bridgehead atoms. The Bertz CT molecular complexity index is 313. The molecule has 0 amide bonds. The molecular weight excluding hydrogens is 311 g/mol. The van der Waals surface area contributed by atoms with Gasteiger partial charge in [-0.05, 0) is 0 Å². The molecule has 1 aromatic rings. The van der Waals surface area contributed by atoms with Crippen LogP contribution in [0.5, 0.6) is 0 Å². The fourth-order valence-corrected chi connectivity index (χ4v) is 19.9. The van der Waals surface area contributed by atoms with Crippen LogP contribution in [0, 0.1) is 6.92 Å². The van der Waals surface area contributed by atoms with Gasteiger partial charge in [-0.3, -0.25) is 0 Å². The molecule has 1 aromatic carbocycles. The number of rotatable bonds is 7. The molecule has 0 spiro atoms. The molecule has 0 fully saturated rings. The molecule has 96 valence electrons. The van der Waals surface area contributed by atoms with Gasteiger partial charge in [-0.25, -0.2) is 0 Å². The van der Waals surface area contributed by atoms with E-state index in [4.69, 9.17) is 0 Å². The molecule has 0 N–H and O–H groups in total. The first kappa shape index (κ1) is 15.1. The normalized spacial score (nSPS) is 11.8. The van der Waals surface area contributed by atoms with E-state index >= 15 is 0 Å². The molecule has 17 heavy (non-hydrogen) atoms. The molecule has 0 aliphatic heterocycles. The van der Waals surface area contributed by atoms with Crippen LogP contribution in [0.4, 0.5) is 0 Å². The molecule has 0 aliphatic carbocycles. The Balaban J connectivity index is 3.14. The van der Waals surface area contributed by atoms with Gasteiger partial charge in [-0.1, -0.05) is 0 Å². The number of hydrogen-bond acceptors (Lipinski definition) is 0. The fourth-order valence-electron chi connectivity index (χ4n) is 3.38. The molecule has 0 nitrogen and oxygen atoms in total. The predicted octanol–water partition coefficient (Wildman–Crippen LogP) is 4.88. The molecule has 0 aromatic heterocycles. The van der Waals surface area contributed by atoms with Gasteiger partial charge in [-0.2, -0.15) is 0 Å². The Morgan fingerprint density at radius 1 is 0.824 bits per heavy atom. The van der Waals surface area contributed by atoms with Gasteiger partial charge in [0.15, 0.2) is 0 Å². The maximum absolute atomic E-state index is 2.45.